The molecule has 1 N–H and O–H groups in total. The Morgan fingerprint density at radius 2 is 1.83 bits per heavy atom. The van der Waals surface area contributed by atoms with Crippen molar-refractivity contribution in [1.82, 2.24) is 0 Å². The first-order valence-electron chi connectivity index (χ1n) is 7.37. The first-order valence-corrected chi connectivity index (χ1v) is 7.37. The van der Waals surface area contributed by atoms with E-state index in [0.717, 1.165) is 11.3 Å². The maximum Gasteiger partial charge on any atom is 0.167 e. The fourth-order valence-corrected chi connectivity index (χ4v) is 2.00. The molecule has 0 aliphatic heterocycles. The number of hydrogen-bond acceptors (Lipinski definition) is 4. The molecule has 1 unspecified atom stereocenters. The van der Waals surface area contributed by atoms with E-state index in [1.165, 1.54) is 6.07 Å². The first-order chi connectivity index (χ1) is 11.1. The number of aliphatic hydroxyl groups excluding tert-OH is 1. The lowest BCUT2D eigenvalue weighted by Gasteiger charge is -2.14. The van der Waals surface area contributed by atoms with Crippen molar-refractivity contribution < 1.29 is 23.7 Å². The van der Waals surface area contributed by atoms with Crippen molar-refractivity contribution in [3.63, 3.8) is 0 Å². The standard InChI is InChI=1S/C18H21FO4/c1-13-4-3-5-17(18(13)19)23-12-15(20)11-22-10-14-6-8-16(21-2)9-7-14/h3-9,15,20H,10-12H2,1-2H3. The third kappa shape index (κ3) is 5.23. The normalized spacial score (nSPS) is 12.0. The van der Waals surface area contributed by atoms with Crippen LogP contribution in [0.3, 0.4) is 0 Å². The van der Waals surface area contributed by atoms with Crippen LogP contribution in [0.25, 0.3) is 0 Å². The van der Waals surface area contributed by atoms with E-state index in [4.69, 9.17) is 14.2 Å². The molecule has 0 bridgehead atoms. The van der Waals surface area contributed by atoms with E-state index < -0.39 is 11.9 Å². The minimum atomic E-state index is -0.826. The van der Waals surface area contributed by atoms with Crippen molar-refractivity contribution in [3.05, 3.63) is 59.4 Å². The van der Waals surface area contributed by atoms with Gasteiger partial charge in [0.25, 0.3) is 0 Å². The molecule has 2 rings (SSSR count). The Kier molecular flexibility index (Phi) is 6.38. The van der Waals surface area contributed by atoms with Gasteiger partial charge in [0.15, 0.2) is 11.6 Å². The average molecular weight is 320 g/mol. The van der Waals surface area contributed by atoms with E-state index in [1.807, 2.05) is 24.3 Å². The Labute approximate surface area is 135 Å². The van der Waals surface area contributed by atoms with Gasteiger partial charge in [-0.05, 0) is 36.2 Å². The Hall–Kier alpha value is -2.11. The highest BCUT2D eigenvalue weighted by Gasteiger charge is 2.10. The molecule has 0 saturated carbocycles. The highest BCUT2D eigenvalue weighted by Crippen LogP contribution is 2.19. The molecular weight excluding hydrogens is 299 g/mol. The van der Waals surface area contributed by atoms with Gasteiger partial charge < -0.3 is 19.3 Å². The van der Waals surface area contributed by atoms with E-state index in [-0.39, 0.29) is 19.0 Å². The first kappa shape index (κ1) is 17.2. The van der Waals surface area contributed by atoms with Crippen molar-refractivity contribution in [2.45, 2.75) is 19.6 Å². The largest absolute Gasteiger partial charge is 0.497 e. The van der Waals surface area contributed by atoms with Gasteiger partial charge in [0.2, 0.25) is 0 Å². The van der Waals surface area contributed by atoms with Crippen LogP contribution >= 0.6 is 0 Å². The molecule has 0 aliphatic carbocycles. The minimum Gasteiger partial charge on any atom is -0.497 e. The summed E-state index contributed by atoms with van der Waals surface area (Å²) in [6, 6.07) is 12.4. The number of aryl methyl sites for hydroxylation is 1. The highest BCUT2D eigenvalue weighted by molar-refractivity contribution is 5.30. The number of aliphatic hydroxyl groups is 1. The van der Waals surface area contributed by atoms with Gasteiger partial charge >= 0.3 is 0 Å². The fraction of sp³-hybridized carbons (Fsp3) is 0.333. The van der Waals surface area contributed by atoms with Crippen LogP contribution in [-0.2, 0) is 11.3 Å². The van der Waals surface area contributed by atoms with Crippen LogP contribution in [0.15, 0.2) is 42.5 Å². The summed E-state index contributed by atoms with van der Waals surface area (Å²) in [6.45, 7) is 2.12. The van der Waals surface area contributed by atoms with Gasteiger partial charge in [0.05, 0.1) is 20.3 Å². The zero-order chi connectivity index (χ0) is 16.7. The molecule has 5 heteroatoms. The Bertz CT molecular complexity index is 613. The lowest BCUT2D eigenvalue weighted by molar-refractivity contribution is 0.00482. The molecule has 0 radical (unpaired) electrons. The van der Waals surface area contributed by atoms with Gasteiger partial charge in [0, 0.05) is 0 Å². The van der Waals surface area contributed by atoms with Crippen molar-refractivity contribution in [3.8, 4) is 11.5 Å². The zero-order valence-corrected chi connectivity index (χ0v) is 13.3. The number of methoxy groups -OCH3 is 1. The summed E-state index contributed by atoms with van der Waals surface area (Å²) < 4.78 is 29.5. The third-order valence-corrected chi connectivity index (χ3v) is 3.33. The van der Waals surface area contributed by atoms with Crippen molar-refractivity contribution in [2.24, 2.45) is 0 Å². The molecule has 0 saturated heterocycles. The summed E-state index contributed by atoms with van der Waals surface area (Å²) in [6.07, 6.45) is -0.826. The molecule has 0 aromatic heterocycles. The number of halogens is 1. The second-order valence-corrected chi connectivity index (χ2v) is 5.22. The summed E-state index contributed by atoms with van der Waals surface area (Å²) in [5.41, 5.74) is 1.48. The number of benzene rings is 2. The van der Waals surface area contributed by atoms with Gasteiger partial charge in [-0.25, -0.2) is 4.39 Å². The molecule has 0 amide bonds. The summed E-state index contributed by atoms with van der Waals surface area (Å²) in [5, 5.41) is 9.84. The van der Waals surface area contributed by atoms with Gasteiger partial charge in [-0.2, -0.15) is 0 Å². The van der Waals surface area contributed by atoms with Crippen molar-refractivity contribution in [1.29, 1.82) is 0 Å². The molecule has 2 aromatic carbocycles. The molecule has 1 atom stereocenters. The lowest BCUT2D eigenvalue weighted by Crippen LogP contribution is -2.23. The van der Waals surface area contributed by atoms with E-state index in [9.17, 15) is 9.50 Å². The van der Waals surface area contributed by atoms with Gasteiger partial charge in [-0.15, -0.1) is 0 Å². The Morgan fingerprint density at radius 3 is 2.52 bits per heavy atom. The molecule has 0 spiro atoms. The van der Waals surface area contributed by atoms with Crippen LogP contribution < -0.4 is 9.47 Å². The van der Waals surface area contributed by atoms with E-state index in [1.54, 1.807) is 26.2 Å². The smallest absolute Gasteiger partial charge is 0.167 e. The average Bonchev–Trinajstić information content (AvgIpc) is 2.57. The Morgan fingerprint density at radius 1 is 1.09 bits per heavy atom. The molecule has 0 heterocycles. The molecule has 23 heavy (non-hydrogen) atoms. The molecule has 124 valence electrons. The molecule has 0 fully saturated rings. The van der Waals surface area contributed by atoms with Gasteiger partial charge in [-0.1, -0.05) is 24.3 Å². The van der Waals surface area contributed by atoms with Gasteiger partial charge in [0.1, 0.15) is 18.5 Å². The monoisotopic (exact) mass is 320 g/mol. The van der Waals surface area contributed by atoms with Crippen LogP contribution in [0.2, 0.25) is 0 Å². The number of hydrogen-bond donors (Lipinski definition) is 1. The van der Waals surface area contributed by atoms with Crippen LogP contribution in [0.1, 0.15) is 11.1 Å². The predicted octanol–water partition coefficient (Wildman–Crippen LogP) is 3.10. The molecule has 4 nitrogen and oxygen atoms in total. The Balaban J connectivity index is 1.72. The predicted molar refractivity (Wildman–Crippen MR) is 85.3 cm³/mol. The maximum atomic E-state index is 13.7. The van der Waals surface area contributed by atoms with Crippen molar-refractivity contribution in [2.75, 3.05) is 20.3 Å². The summed E-state index contributed by atoms with van der Waals surface area (Å²) in [4.78, 5) is 0. The number of rotatable bonds is 8. The summed E-state index contributed by atoms with van der Waals surface area (Å²) in [5.74, 6) is 0.514. The van der Waals surface area contributed by atoms with Gasteiger partial charge in [-0.3, -0.25) is 0 Å². The number of ether oxygens (including phenoxy) is 3. The molecule has 2 aromatic rings. The molecular formula is C18H21FO4. The lowest BCUT2D eigenvalue weighted by atomic mass is 10.2. The minimum absolute atomic E-state index is 0.0248. The SMILES string of the molecule is COc1ccc(COCC(O)COc2cccc(C)c2F)cc1. The second kappa shape index (κ2) is 8.50. The summed E-state index contributed by atoms with van der Waals surface area (Å²) in [7, 11) is 1.61. The topological polar surface area (TPSA) is 47.9 Å². The van der Waals surface area contributed by atoms with Crippen LogP contribution in [0, 0.1) is 12.7 Å². The molecule has 0 aliphatic rings. The van der Waals surface area contributed by atoms with E-state index >= 15 is 0 Å². The van der Waals surface area contributed by atoms with Crippen LogP contribution in [0.5, 0.6) is 11.5 Å². The quantitative estimate of drug-likeness (QED) is 0.812. The van der Waals surface area contributed by atoms with E-state index in [0.29, 0.717) is 12.2 Å². The third-order valence-electron chi connectivity index (χ3n) is 3.33. The second-order valence-electron chi connectivity index (χ2n) is 5.22. The summed E-state index contributed by atoms with van der Waals surface area (Å²) >= 11 is 0. The fourth-order valence-electron chi connectivity index (χ4n) is 2.00. The highest BCUT2D eigenvalue weighted by atomic mass is 19.1. The maximum absolute atomic E-state index is 13.7. The zero-order valence-electron chi connectivity index (χ0n) is 13.3. The van der Waals surface area contributed by atoms with Crippen molar-refractivity contribution >= 4 is 0 Å². The van der Waals surface area contributed by atoms with Crippen LogP contribution in [-0.4, -0.2) is 31.5 Å². The van der Waals surface area contributed by atoms with E-state index in [2.05, 4.69) is 0 Å². The van der Waals surface area contributed by atoms with Crippen LogP contribution in [0.4, 0.5) is 4.39 Å².